The second kappa shape index (κ2) is 3.60. The van der Waals surface area contributed by atoms with Crippen LogP contribution in [0.2, 0.25) is 0 Å². The number of nitrogens with two attached hydrogens (primary N) is 1. The van der Waals surface area contributed by atoms with E-state index >= 15 is 0 Å². The Hall–Kier alpha value is -0.660. The Kier molecular flexibility index (Phi) is 2.89. The van der Waals surface area contributed by atoms with E-state index in [9.17, 15) is 13.2 Å². The standard InChI is InChI=1S/C6H12N2O4S/c7-5-3-8(4-5)13(11,12)2-1-6(9)10/h5H,1-4,7H2,(H,9,10). The van der Waals surface area contributed by atoms with Gasteiger partial charge in [-0.15, -0.1) is 0 Å². The summed E-state index contributed by atoms with van der Waals surface area (Å²) in [6.45, 7) is 0.615. The number of carboxylic acid groups (broad SMARTS) is 1. The Morgan fingerprint density at radius 1 is 1.54 bits per heavy atom. The summed E-state index contributed by atoms with van der Waals surface area (Å²) in [5.74, 6) is -1.44. The van der Waals surface area contributed by atoms with Gasteiger partial charge in [0.05, 0.1) is 12.2 Å². The molecule has 0 amide bonds. The van der Waals surface area contributed by atoms with Gasteiger partial charge in [0, 0.05) is 19.1 Å². The Morgan fingerprint density at radius 3 is 2.46 bits per heavy atom. The summed E-state index contributed by atoms with van der Waals surface area (Å²) in [5.41, 5.74) is 5.40. The molecule has 3 N–H and O–H groups in total. The average molecular weight is 208 g/mol. The minimum atomic E-state index is -3.38. The zero-order valence-electron chi connectivity index (χ0n) is 7.01. The fraction of sp³-hybridized carbons (Fsp3) is 0.833. The highest BCUT2D eigenvalue weighted by molar-refractivity contribution is 7.89. The van der Waals surface area contributed by atoms with E-state index in [0.717, 1.165) is 0 Å². The second-order valence-corrected chi connectivity index (χ2v) is 5.13. The molecule has 0 radical (unpaired) electrons. The van der Waals surface area contributed by atoms with Gasteiger partial charge in [0.2, 0.25) is 10.0 Å². The number of nitrogens with zero attached hydrogens (tertiary/aromatic N) is 1. The Morgan fingerprint density at radius 2 is 2.08 bits per heavy atom. The smallest absolute Gasteiger partial charge is 0.304 e. The van der Waals surface area contributed by atoms with Crippen molar-refractivity contribution in [3.8, 4) is 0 Å². The highest BCUT2D eigenvalue weighted by Gasteiger charge is 2.33. The van der Waals surface area contributed by atoms with Gasteiger partial charge >= 0.3 is 5.97 Å². The van der Waals surface area contributed by atoms with E-state index < -0.39 is 16.0 Å². The first-order valence-electron chi connectivity index (χ1n) is 3.87. The SMILES string of the molecule is NC1CN(S(=O)(=O)CCC(=O)O)C1. The van der Waals surface area contributed by atoms with Crippen LogP contribution in [0.1, 0.15) is 6.42 Å². The van der Waals surface area contributed by atoms with Gasteiger partial charge in [-0.2, -0.15) is 4.31 Å². The lowest BCUT2D eigenvalue weighted by molar-refractivity contribution is -0.136. The molecular weight excluding hydrogens is 196 g/mol. The van der Waals surface area contributed by atoms with Gasteiger partial charge < -0.3 is 10.8 Å². The van der Waals surface area contributed by atoms with E-state index in [1.165, 1.54) is 4.31 Å². The monoisotopic (exact) mass is 208 g/mol. The topological polar surface area (TPSA) is 101 Å². The van der Waals surface area contributed by atoms with E-state index in [4.69, 9.17) is 10.8 Å². The van der Waals surface area contributed by atoms with Crippen molar-refractivity contribution in [2.24, 2.45) is 5.73 Å². The minimum Gasteiger partial charge on any atom is -0.481 e. The molecule has 1 heterocycles. The maximum Gasteiger partial charge on any atom is 0.304 e. The first-order valence-corrected chi connectivity index (χ1v) is 5.48. The summed E-state index contributed by atoms with van der Waals surface area (Å²) in [5, 5.41) is 8.29. The number of carbonyl (C=O) groups is 1. The third kappa shape index (κ3) is 2.64. The van der Waals surface area contributed by atoms with E-state index in [2.05, 4.69) is 0 Å². The zero-order valence-corrected chi connectivity index (χ0v) is 7.83. The number of hydrogen-bond acceptors (Lipinski definition) is 4. The highest BCUT2D eigenvalue weighted by Crippen LogP contribution is 2.12. The highest BCUT2D eigenvalue weighted by atomic mass is 32.2. The maximum atomic E-state index is 11.3. The molecule has 76 valence electrons. The Bertz CT molecular complexity index is 294. The van der Waals surface area contributed by atoms with Gasteiger partial charge in [-0.05, 0) is 0 Å². The lowest BCUT2D eigenvalue weighted by atomic mass is 10.2. The fourth-order valence-electron chi connectivity index (χ4n) is 1.04. The van der Waals surface area contributed by atoms with Crippen molar-refractivity contribution in [2.75, 3.05) is 18.8 Å². The number of carboxylic acids is 1. The summed E-state index contributed by atoms with van der Waals surface area (Å²) in [6.07, 6.45) is -0.353. The minimum absolute atomic E-state index is 0.0976. The molecule has 0 unspecified atom stereocenters. The second-order valence-electron chi connectivity index (χ2n) is 3.04. The molecule has 0 saturated carbocycles. The summed E-state index contributed by atoms with van der Waals surface area (Å²) < 4.78 is 23.7. The molecule has 0 aromatic rings. The lowest BCUT2D eigenvalue weighted by Crippen LogP contribution is -2.58. The van der Waals surface area contributed by atoms with Crippen LogP contribution in [0.25, 0.3) is 0 Å². The molecule has 0 spiro atoms. The Balaban J connectivity index is 2.43. The van der Waals surface area contributed by atoms with Gasteiger partial charge in [-0.1, -0.05) is 0 Å². The molecule has 0 atom stereocenters. The molecule has 0 bridgehead atoms. The third-order valence-corrected chi connectivity index (χ3v) is 3.65. The van der Waals surface area contributed by atoms with Crippen LogP contribution in [-0.2, 0) is 14.8 Å². The number of sulfonamides is 1. The number of aliphatic carboxylic acids is 1. The molecule has 1 rings (SSSR count). The molecule has 6 nitrogen and oxygen atoms in total. The number of hydrogen-bond donors (Lipinski definition) is 2. The summed E-state index contributed by atoms with van der Waals surface area (Å²) in [4.78, 5) is 10.1. The molecule has 13 heavy (non-hydrogen) atoms. The van der Waals surface area contributed by atoms with E-state index in [0.29, 0.717) is 13.1 Å². The first-order chi connectivity index (χ1) is 5.92. The quantitative estimate of drug-likeness (QED) is 0.581. The molecule has 0 aliphatic carbocycles. The lowest BCUT2D eigenvalue weighted by Gasteiger charge is -2.35. The van der Waals surface area contributed by atoms with Gasteiger partial charge in [-0.25, -0.2) is 8.42 Å². The fourth-order valence-corrected chi connectivity index (χ4v) is 2.57. The van der Waals surface area contributed by atoms with Crippen molar-refractivity contribution < 1.29 is 18.3 Å². The van der Waals surface area contributed by atoms with E-state index in [-0.39, 0.29) is 18.2 Å². The van der Waals surface area contributed by atoms with Crippen LogP contribution in [-0.4, -0.2) is 48.7 Å². The van der Waals surface area contributed by atoms with Crippen LogP contribution < -0.4 is 5.73 Å². The van der Waals surface area contributed by atoms with Crippen LogP contribution in [0.5, 0.6) is 0 Å². The Labute approximate surface area is 76.4 Å². The van der Waals surface area contributed by atoms with Crippen LogP contribution in [0.3, 0.4) is 0 Å². The van der Waals surface area contributed by atoms with Crippen LogP contribution in [0.15, 0.2) is 0 Å². The summed E-state index contributed by atoms with van der Waals surface area (Å²) in [7, 11) is -3.38. The van der Waals surface area contributed by atoms with Crippen molar-refractivity contribution in [3.05, 3.63) is 0 Å². The predicted molar refractivity (Wildman–Crippen MR) is 45.6 cm³/mol. The van der Waals surface area contributed by atoms with Crippen molar-refractivity contribution in [2.45, 2.75) is 12.5 Å². The number of rotatable bonds is 4. The van der Waals surface area contributed by atoms with Crippen LogP contribution in [0, 0.1) is 0 Å². The molecule has 0 aromatic heterocycles. The molecule has 1 saturated heterocycles. The summed E-state index contributed by atoms with van der Waals surface area (Å²) in [6, 6.07) is -0.0976. The van der Waals surface area contributed by atoms with Crippen molar-refractivity contribution in [1.82, 2.24) is 4.31 Å². The largest absolute Gasteiger partial charge is 0.481 e. The molecule has 0 aromatic carbocycles. The first kappa shape index (κ1) is 10.4. The zero-order chi connectivity index (χ0) is 10.1. The van der Waals surface area contributed by atoms with Gasteiger partial charge in [0.25, 0.3) is 0 Å². The predicted octanol–water partition coefficient (Wildman–Crippen LogP) is -1.57. The van der Waals surface area contributed by atoms with E-state index in [1.807, 2.05) is 0 Å². The molecule has 1 fully saturated rings. The van der Waals surface area contributed by atoms with Gasteiger partial charge in [0.15, 0.2) is 0 Å². The molecule has 7 heteroatoms. The van der Waals surface area contributed by atoms with Crippen LogP contribution >= 0.6 is 0 Å². The van der Waals surface area contributed by atoms with Crippen LogP contribution in [0.4, 0.5) is 0 Å². The van der Waals surface area contributed by atoms with Crippen molar-refractivity contribution >= 4 is 16.0 Å². The summed E-state index contributed by atoms with van der Waals surface area (Å²) >= 11 is 0. The molecular formula is C6H12N2O4S. The normalized spacial score (nSPS) is 19.8. The van der Waals surface area contributed by atoms with E-state index in [1.54, 1.807) is 0 Å². The third-order valence-electron chi connectivity index (χ3n) is 1.84. The molecule has 1 aliphatic rings. The van der Waals surface area contributed by atoms with Crippen molar-refractivity contribution in [1.29, 1.82) is 0 Å². The maximum absolute atomic E-state index is 11.3. The van der Waals surface area contributed by atoms with Gasteiger partial charge in [0.1, 0.15) is 0 Å². The van der Waals surface area contributed by atoms with Crippen molar-refractivity contribution in [3.63, 3.8) is 0 Å². The van der Waals surface area contributed by atoms with Gasteiger partial charge in [-0.3, -0.25) is 4.79 Å². The molecule has 1 aliphatic heterocycles. The average Bonchev–Trinajstić information content (AvgIpc) is 1.95.